The van der Waals surface area contributed by atoms with Gasteiger partial charge in [0.2, 0.25) is 0 Å². The highest BCUT2D eigenvalue weighted by Gasteiger charge is 2.45. The smallest absolute Gasteiger partial charge is 0.267 e. The highest BCUT2D eigenvalue weighted by molar-refractivity contribution is 5.99. The van der Waals surface area contributed by atoms with Crippen molar-refractivity contribution < 1.29 is 27.4 Å². The predicted molar refractivity (Wildman–Crippen MR) is 182 cm³/mol. The van der Waals surface area contributed by atoms with E-state index in [1.807, 2.05) is 26.0 Å². The van der Waals surface area contributed by atoms with Crippen molar-refractivity contribution >= 4 is 22.8 Å². The molecule has 5 heterocycles. The van der Waals surface area contributed by atoms with Gasteiger partial charge in [-0.1, -0.05) is 18.2 Å². The number of nitrogens with zero attached hydrogens (tertiary/aromatic N) is 8. The number of hydrogen-bond donors (Lipinski definition) is 1. The number of piperazine rings is 1. The van der Waals surface area contributed by atoms with E-state index in [-0.39, 0.29) is 46.0 Å². The first-order chi connectivity index (χ1) is 24.4. The second-order valence-corrected chi connectivity index (χ2v) is 13.7. The van der Waals surface area contributed by atoms with Gasteiger partial charge in [-0.2, -0.15) is 10.4 Å². The van der Waals surface area contributed by atoms with Crippen LogP contribution in [0.15, 0.2) is 66.5 Å². The number of para-hydroxylation sites is 1. The van der Waals surface area contributed by atoms with Gasteiger partial charge in [0.05, 0.1) is 37.2 Å². The minimum Gasteiger partial charge on any atom is -0.457 e. The first-order valence-corrected chi connectivity index (χ1v) is 16.8. The number of alkyl halides is 2. The van der Waals surface area contributed by atoms with Crippen LogP contribution in [0.5, 0.6) is 11.5 Å². The van der Waals surface area contributed by atoms with E-state index >= 15 is 13.2 Å². The summed E-state index contributed by atoms with van der Waals surface area (Å²) in [5, 5.41) is 14.9. The molecule has 15 heteroatoms. The third kappa shape index (κ3) is 6.99. The third-order valence-electron chi connectivity index (χ3n) is 9.83. The van der Waals surface area contributed by atoms with Crippen LogP contribution in [0.1, 0.15) is 26.3 Å². The van der Waals surface area contributed by atoms with Crippen LogP contribution < -0.4 is 10.5 Å². The van der Waals surface area contributed by atoms with E-state index in [2.05, 4.69) is 24.9 Å². The number of fused-ring (bicyclic) bond motifs is 1. The number of piperidine rings is 1. The second kappa shape index (κ2) is 13.6. The molecule has 266 valence electrons. The number of nitriles is 1. The molecule has 0 aliphatic carbocycles. The van der Waals surface area contributed by atoms with Crippen LogP contribution in [-0.2, 0) is 9.53 Å². The van der Waals surface area contributed by atoms with Gasteiger partial charge in [-0.3, -0.25) is 14.6 Å². The normalized spacial score (nSPS) is 20.6. The van der Waals surface area contributed by atoms with Crippen LogP contribution in [0.2, 0.25) is 0 Å². The fourth-order valence-electron chi connectivity index (χ4n) is 7.06. The Bertz CT molecular complexity index is 2000. The molecule has 0 radical (unpaired) electrons. The Morgan fingerprint density at radius 3 is 2.49 bits per heavy atom. The van der Waals surface area contributed by atoms with Gasteiger partial charge in [-0.25, -0.2) is 27.8 Å². The molecule has 3 fully saturated rings. The Hall–Kier alpha value is -5.04. The average molecular weight is 702 g/mol. The van der Waals surface area contributed by atoms with Crippen molar-refractivity contribution in [2.75, 3.05) is 58.2 Å². The molecular weight excluding hydrogens is 663 g/mol. The lowest BCUT2D eigenvalue weighted by Crippen LogP contribution is -2.59. The van der Waals surface area contributed by atoms with Crippen molar-refractivity contribution in [2.24, 2.45) is 0 Å². The molecule has 1 unspecified atom stereocenters. The van der Waals surface area contributed by atoms with E-state index < -0.39 is 42.2 Å². The van der Waals surface area contributed by atoms with E-state index in [1.54, 1.807) is 36.4 Å². The van der Waals surface area contributed by atoms with Crippen LogP contribution in [0.4, 0.5) is 19.0 Å². The Kier molecular flexibility index (Phi) is 9.17. The second-order valence-electron chi connectivity index (χ2n) is 13.7. The number of benzene rings is 2. The van der Waals surface area contributed by atoms with Crippen LogP contribution in [0, 0.1) is 17.1 Å². The summed E-state index contributed by atoms with van der Waals surface area (Å²) >= 11 is 0. The third-order valence-corrected chi connectivity index (χ3v) is 9.83. The summed E-state index contributed by atoms with van der Waals surface area (Å²) in [6.45, 7) is 7.30. The fourth-order valence-corrected chi connectivity index (χ4v) is 7.06. The average Bonchev–Trinajstić information content (AvgIpc) is 3.47. The van der Waals surface area contributed by atoms with Crippen LogP contribution in [-0.4, -0.2) is 110 Å². The summed E-state index contributed by atoms with van der Waals surface area (Å²) < 4.78 is 59.0. The lowest BCUT2D eigenvalue weighted by atomic mass is 9.96. The number of likely N-dealkylation sites (tertiary alicyclic amines) is 1. The predicted octanol–water partition coefficient (Wildman–Crippen LogP) is 4.66. The van der Waals surface area contributed by atoms with E-state index in [0.29, 0.717) is 11.8 Å². The number of hydrogen-bond acceptors (Lipinski definition) is 10. The van der Waals surface area contributed by atoms with Gasteiger partial charge in [-0.05, 0) is 44.2 Å². The molecule has 0 bridgehead atoms. The molecule has 2 aromatic heterocycles. The molecule has 3 aliphatic heterocycles. The molecular formula is C36H38F3N9O3. The minimum atomic E-state index is -3.32. The zero-order valence-corrected chi connectivity index (χ0v) is 28.3. The minimum absolute atomic E-state index is 0.0143. The summed E-state index contributed by atoms with van der Waals surface area (Å²) in [4.78, 5) is 27.7. The number of nitrogens with two attached hydrogens (primary N) is 1. The lowest BCUT2D eigenvalue weighted by Gasteiger charge is -2.46. The monoisotopic (exact) mass is 701 g/mol. The van der Waals surface area contributed by atoms with Crippen molar-refractivity contribution in [1.82, 2.24) is 34.4 Å². The zero-order chi connectivity index (χ0) is 35.9. The Balaban J connectivity index is 1.15. The van der Waals surface area contributed by atoms with Gasteiger partial charge in [0.25, 0.3) is 11.8 Å². The highest BCUT2D eigenvalue weighted by Crippen LogP contribution is 2.39. The molecule has 0 spiro atoms. The molecule has 1 atom stereocenters. The van der Waals surface area contributed by atoms with Gasteiger partial charge >= 0.3 is 0 Å². The fraction of sp³-hybridized carbons (Fsp3) is 0.417. The molecule has 3 saturated heterocycles. The van der Waals surface area contributed by atoms with Crippen molar-refractivity contribution in [2.45, 2.75) is 43.8 Å². The molecule has 2 aromatic carbocycles. The number of halogens is 3. The van der Waals surface area contributed by atoms with E-state index in [0.717, 1.165) is 44.3 Å². The highest BCUT2D eigenvalue weighted by atomic mass is 19.3. The Morgan fingerprint density at radius 1 is 1.08 bits per heavy atom. The molecule has 3 aliphatic rings. The molecule has 4 aromatic rings. The molecule has 7 rings (SSSR count). The number of carbonyl (C=O) groups is 1. The molecule has 1 amide bonds. The molecule has 12 nitrogen and oxygen atoms in total. The van der Waals surface area contributed by atoms with E-state index in [1.165, 1.54) is 23.1 Å². The van der Waals surface area contributed by atoms with Crippen LogP contribution in [0.25, 0.3) is 22.3 Å². The lowest BCUT2D eigenvalue weighted by molar-refractivity contribution is -0.140. The van der Waals surface area contributed by atoms with Crippen molar-refractivity contribution in [3.63, 3.8) is 0 Å². The van der Waals surface area contributed by atoms with Crippen molar-refractivity contribution in [3.05, 3.63) is 72.3 Å². The number of nitrogen functional groups attached to an aromatic ring is 1. The van der Waals surface area contributed by atoms with Crippen LogP contribution in [0.3, 0.4) is 0 Å². The van der Waals surface area contributed by atoms with E-state index in [4.69, 9.17) is 15.2 Å². The largest absolute Gasteiger partial charge is 0.457 e. The summed E-state index contributed by atoms with van der Waals surface area (Å²) in [6, 6.07) is 14.4. The number of ether oxygens (including phenoxy) is 2. The number of carbonyl (C=O) groups excluding carboxylic acids is 1. The molecule has 2 N–H and O–H groups in total. The Morgan fingerprint density at radius 2 is 1.82 bits per heavy atom. The summed E-state index contributed by atoms with van der Waals surface area (Å²) in [6.07, 6.45) is 2.08. The maximum Gasteiger partial charge on any atom is 0.267 e. The topological polar surface area (TPSA) is 139 Å². The van der Waals surface area contributed by atoms with Crippen LogP contribution >= 0.6 is 0 Å². The Labute approximate surface area is 292 Å². The maximum atomic E-state index is 15.7. The SMILES string of the molecule is CC(C)(C=C(C#N)C(=O)N1CC(n2nc(-c3ccc(Oc4ccccc4)cc3F)c3c(N)ncnc32)CC(F)(F)C1)N1CCN(C2COC2)CC1. The zero-order valence-electron chi connectivity index (χ0n) is 28.3. The number of aromatic nitrogens is 4. The maximum absolute atomic E-state index is 15.7. The standard InChI is InChI=1S/C36H38F3N9O3/c1-35(2,47-12-10-45(11-13-47)25-19-50-20-25)15-23(17-40)34(49)46-18-24(16-36(38,39)21-46)48-33-30(32(41)42-22-43-33)31(44-48)28-9-8-27(14-29(28)37)51-26-6-4-3-5-7-26/h3-9,14-15,22,24-25H,10-13,16,18-21H2,1-2H3,(H2,41,42,43). The van der Waals surface area contributed by atoms with Gasteiger partial charge < -0.3 is 20.1 Å². The van der Waals surface area contributed by atoms with Crippen molar-refractivity contribution in [1.29, 1.82) is 5.26 Å². The number of amides is 1. The number of rotatable bonds is 8. The van der Waals surface area contributed by atoms with Crippen molar-refractivity contribution in [3.8, 4) is 28.8 Å². The summed E-state index contributed by atoms with van der Waals surface area (Å²) in [5.41, 5.74) is 5.54. The first-order valence-electron chi connectivity index (χ1n) is 16.8. The van der Waals surface area contributed by atoms with Gasteiger partial charge in [0, 0.05) is 56.3 Å². The first kappa shape index (κ1) is 34.4. The summed E-state index contributed by atoms with van der Waals surface area (Å²) in [5.74, 6) is -4.06. The van der Waals surface area contributed by atoms with Gasteiger partial charge in [0.1, 0.15) is 46.8 Å². The van der Waals surface area contributed by atoms with Gasteiger partial charge in [0.15, 0.2) is 5.65 Å². The molecule has 0 saturated carbocycles. The van der Waals surface area contributed by atoms with Gasteiger partial charge in [-0.15, -0.1) is 0 Å². The molecule has 51 heavy (non-hydrogen) atoms. The summed E-state index contributed by atoms with van der Waals surface area (Å²) in [7, 11) is 0. The quantitative estimate of drug-likeness (QED) is 0.204. The van der Waals surface area contributed by atoms with E-state index in [9.17, 15) is 10.1 Å². The number of anilines is 1.